The first-order valence-electron chi connectivity index (χ1n) is 3.63. The molecular formula is C5H5Cl6Na2O4P. The Morgan fingerprint density at radius 3 is 1.33 bits per heavy atom. The monoisotopic (exact) mass is 416 g/mol. The second kappa shape index (κ2) is 9.22. The van der Waals surface area contributed by atoms with Crippen molar-refractivity contribution in [1.82, 2.24) is 0 Å². The van der Waals surface area contributed by atoms with E-state index in [0.29, 0.717) is 0 Å². The predicted molar refractivity (Wildman–Crippen MR) is 62.3 cm³/mol. The molecule has 0 saturated carbocycles. The zero-order chi connectivity index (χ0) is 13.4. The topological polar surface area (TPSA) is 72.4 Å². The molecule has 0 spiro atoms. The van der Waals surface area contributed by atoms with Crippen LogP contribution in [-0.4, -0.2) is 13.2 Å². The summed E-state index contributed by atoms with van der Waals surface area (Å²) in [7, 11) is -5.50. The Kier molecular flexibility index (Phi) is 13.7. The molecule has 0 fully saturated rings. The van der Waals surface area contributed by atoms with Gasteiger partial charge in [-0.25, -0.2) is 0 Å². The zero-order valence-electron chi connectivity index (χ0n) is 9.56. The second-order valence-electron chi connectivity index (χ2n) is 2.71. The summed E-state index contributed by atoms with van der Waals surface area (Å²) in [5, 5.41) is 0. The Morgan fingerprint density at radius 2 is 1.28 bits per heavy atom. The van der Waals surface area contributed by atoms with Crippen LogP contribution in [0.1, 0.15) is 13.3 Å². The minimum absolute atomic E-state index is 0. The maximum Gasteiger partial charge on any atom is 1.00 e. The zero-order valence-corrected chi connectivity index (χ0v) is 19.0. The van der Waals surface area contributed by atoms with Crippen molar-refractivity contribution in [3.63, 3.8) is 0 Å². The molecule has 0 radical (unpaired) electrons. The van der Waals surface area contributed by atoms with Gasteiger partial charge in [0.25, 0.3) is 0 Å². The van der Waals surface area contributed by atoms with E-state index in [-0.39, 0.29) is 65.5 Å². The molecule has 13 heteroatoms. The first-order valence-corrected chi connectivity index (χ1v) is 7.36. The Bertz CT molecular complexity index is 285. The van der Waals surface area contributed by atoms with Crippen LogP contribution in [0.15, 0.2) is 0 Å². The van der Waals surface area contributed by atoms with Gasteiger partial charge in [-0.1, -0.05) is 76.5 Å². The second-order valence-corrected chi connectivity index (χ2v) is 8.35. The maximum absolute atomic E-state index is 10.6. The molecule has 0 aromatic carbocycles. The van der Waals surface area contributed by atoms with E-state index < -0.39 is 21.0 Å². The van der Waals surface area contributed by atoms with E-state index >= 15 is 0 Å². The number of phosphoric acid groups is 1. The van der Waals surface area contributed by atoms with Gasteiger partial charge in [0.2, 0.25) is 7.59 Å². The molecule has 0 aliphatic carbocycles. The van der Waals surface area contributed by atoms with Gasteiger partial charge in [0.1, 0.15) is 0 Å². The maximum atomic E-state index is 10.6. The molecule has 4 nitrogen and oxygen atoms in total. The van der Waals surface area contributed by atoms with Gasteiger partial charge in [-0.05, 0) is 6.42 Å². The molecule has 0 aromatic heterocycles. The van der Waals surface area contributed by atoms with Crippen molar-refractivity contribution in [2.75, 3.05) is 0 Å². The molecule has 98 valence electrons. The minimum atomic E-state index is -5.50. The quantitative estimate of drug-likeness (QED) is 0.274. The number of hydrogen-bond acceptors (Lipinski definition) is 4. The standard InChI is InChI=1S/C5H7Cl6O4P.2Na/c1-2-3(4(6,7)8,5(9,10)11)15-16(12,13)14;;/h2H2,1H3,(H2,12,13,14);;/q;2*+1/p-2. The van der Waals surface area contributed by atoms with Crippen molar-refractivity contribution in [2.45, 2.75) is 26.5 Å². The fraction of sp³-hybridized carbons (Fsp3) is 1.00. The van der Waals surface area contributed by atoms with Crippen LogP contribution < -0.4 is 68.9 Å². The van der Waals surface area contributed by atoms with Crippen LogP contribution in [-0.2, 0) is 9.09 Å². The number of halogens is 6. The van der Waals surface area contributed by atoms with E-state index in [1.807, 2.05) is 0 Å². The summed E-state index contributed by atoms with van der Waals surface area (Å²) in [6, 6.07) is 0. The van der Waals surface area contributed by atoms with E-state index in [1.54, 1.807) is 0 Å². The molecule has 0 aliphatic heterocycles. The van der Waals surface area contributed by atoms with Gasteiger partial charge in [-0.2, -0.15) is 0 Å². The fourth-order valence-electron chi connectivity index (χ4n) is 0.921. The van der Waals surface area contributed by atoms with Crippen LogP contribution in [0.2, 0.25) is 0 Å². The average Bonchev–Trinajstić information content (AvgIpc) is 1.93. The molecule has 0 aliphatic rings. The molecule has 0 rings (SSSR count). The Hall–Kier alpha value is 3.85. The third kappa shape index (κ3) is 7.41. The Morgan fingerprint density at radius 1 is 1.00 bits per heavy atom. The van der Waals surface area contributed by atoms with Gasteiger partial charge in [0, 0.05) is 0 Å². The van der Waals surface area contributed by atoms with E-state index in [0.717, 1.165) is 0 Å². The summed E-state index contributed by atoms with van der Waals surface area (Å²) in [4.78, 5) is 21.2. The molecule has 0 amide bonds. The Balaban J connectivity index is -0.00000112. The molecular weight excluding hydrogens is 414 g/mol. The van der Waals surface area contributed by atoms with Crippen molar-refractivity contribution < 1.29 is 78.0 Å². The van der Waals surface area contributed by atoms with Gasteiger partial charge in [-0.3, -0.25) is 0 Å². The number of rotatable bonds is 3. The van der Waals surface area contributed by atoms with Gasteiger partial charge < -0.3 is 18.9 Å². The number of alkyl halides is 6. The first kappa shape index (κ1) is 26.7. The molecule has 0 bridgehead atoms. The normalized spacial score (nSPS) is 13.6. The van der Waals surface area contributed by atoms with Crippen LogP contribution in [0, 0.1) is 0 Å². The fourth-order valence-corrected chi connectivity index (χ4v) is 4.35. The third-order valence-corrected chi connectivity index (χ3v) is 4.05. The van der Waals surface area contributed by atoms with Crippen LogP contribution in [0.5, 0.6) is 0 Å². The number of hydrogen-bond donors (Lipinski definition) is 0. The van der Waals surface area contributed by atoms with Gasteiger partial charge >= 0.3 is 59.1 Å². The average molecular weight is 419 g/mol. The molecule has 0 N–H and O–H groups in total. The molecule has 18 heavy (non-hydrogen) atoms. The van der Waals surface area contributed by atoms with Crippen LogP contribution in [0.25, 0.3) is 0 Å². The van der Waals surface area contributed by atoms with Crippen molar-refractivity contribution in [1.29, 1.82) is 0 Å². The predicted octanol–water partition coefficient (Wildman–Crippen LogP) is -3.27. The van der Waals surface area contributed by atoms with Gasteiger partial charge in [0.05, 0.1) is 7.82 Å². The number of phosphoric ester groups is 1. The molecule has 0 saturated heterocycles. The summed E-state index contributed by atoms with van der Waals surface area (Å²) in [5.74, 6) is 0. The van der Waals surface area contributed by atoms with E-state index in [1.165, 1.54) is 6.92 Å². The summed E-state index contributed by atoms with van der Waals surface area (Å²) < 4.78 is 9.92. The van der Waals surface area contributed by atoms with Crippen molar-refractivity contribution >= 4 is 77.4 Å². The van der Waals surface area contributed by atoms with Gasteiger partial charge in [0.15, 0.2) is 5.60 Å². The van der Waals surface area contributed by atoms with Crippen LogP contribution in [0.4, 0.5) is 0 Å². The Labute approximate surface area is 179 Å². The van der Waals surface area contributed by atoms with Gasteiger partial charge in [-0.15, -0.1) is 0 Å². The summed E-state index contributed by atoms with van der Waals surface area (Å²) in [5.41, 5.74) is -2.39. The first-order chi connectivity index (χ1) is 6.77. The SMILES string of the molecule is CCC(OP(=O)([O-])[O-])(C(Cl)(Cl)Cl)C(Cl)(Cl)Cl.[Na+].[Na+]. The summed E-state index contributed by atoms with van der Waals surface area (Å²) in [6.45, 7) is 1.33. The molecule has 0 aromatic rings. The summed E-state index contributed by atoms with van der Waals surface area (Å²) >= 11 is 33.0. The van der Waals surface area contributed by atoms with E-state index in [2.05, 4.69) is 4.52 Å². The summed E-state index contributed by atoms with van der Waals surface area (Å²) in [6.07, 6.45) is -0.325. The van der Waals surface area contributed by atoms with Crippen LogP contribution >= 0.6 is 77.4 Å². The molecule has 0 unspecified atom stereocenters. The largest absolute Gasteiger partial charge is 1.00 e. The van der Waals surface area contributed by atoms with E-state index in [9.17, 15) is 14.4 Å². The minimum Gasteiger partial charge on any atom is -0.790 e. The molecule has 0 heterocycles. The van der Waals surface area contributed by atoms with Crippen molar-refractivity contribution in [3.8, 4) is 0 Å². The third-order valence-electron chi connectivity index (χ3n) is 1.68. The smallest absolute Gasteiger partial charge is 0.790 e. The van der Waals surface area contributed by atoms with Crippen molar-refractivity contribution in [2.24, 2.45) is 0 Å². The van der Waals surface area contributed by atoms with Crippen molar-refractivity contribution in [3.05, 3.63) is 0 Å². The van der Waals surface area contributed by atoms with E-state index in [4.69, 9.17) is 69.6 Å². The molecule has 0 atom stereocenters. The van der Waals surface area contributed by atoms with Crippen LogP contribution in [0.3, 0.4) is 0 Å².